The fourth-order valence-electron chi connectivity index (χ4n) is 1.33. The SMILES string of the molecule is CC(C)c1ccc(C(N)C(=O)NN)cc1. The van der Waals surface area contributed by atoms with Crippen molar-refractivity contribution in [1.29, 1.82) is 0 Å². The van der Waals surface area contributed by atoms with E-state index in [0.717, 1.165) is 5.56 Å². The lowest BCUT2D eigenvalue weighted by molar-refractivity contribution is -0.122. The summed E-state index contributed by atoms with van der Waals surface area (Å²) in [5.41, 5.74) is 9.71. The smallest absolute Gasteiger partial charge is 0.255 e. The highest BCUT2D eigenvalue weighted by Gasteiger charge is 2.14. The predicted molar refractivity (Wildman–Crippen MR) is 59.8 cm³/mol. The van der Waals surface area contributed by atoms with Crippen molar-refractivity contribution in [1.82, 2.24) is 5.43 Å². The molecule has 5 N–H and O–H groups in total. The topological polar surface area (TPSA) is 81.1 Å². The summed E-state index contributed by atoms with van der Waals surface area (Å²) in [4.78, 5) is 11.2. The molecule has 0 aromatic heterocycles. The van der Waals surface area contributed by atoms with Gasteiger partial charge in [0.25, 0.3) is 5.91 Å². The average Bonchev–Trinajstić information content (AvgIpc) is 2.27. The van der Waals surface area contributed by atoms with Crippen molar-refractivity contribution in [3.8, 4) is 0 Å². The van der Waals surface area contributed by atoms with Crippen LogP contribution < -0.4 is 17.0 Å². The van der Waals surface area contributed by atoms with Gasteiger partial charge in [0, 0.05) is 0 Å². The zero-order chi connectivity index (χ0) is 11.4. The number of rotatable bonds is 3. The van der Waals surface area contributed by atoms with Gasteiger partial charge in [-0.1, -0.05) is 38.1 Å². The van der Waals surface area contributed by atoms with E-state index in [9.17, 15) is 4.79 Å². The molecule has 4 nitrogen and oxygen atoms in total. The Morgan fingerprint density at radius 3 is 2.07 bits per heavy atom. The van der Waals surface area contributed by atoms with Crippen LogP contribution in [0.5, 0.6) is 0 Å². The summed E-state index contributed by atoms with van der Waals surface area (Å²) < 4.78 is 0. The highest BCUT2D eigenvalue weighted by atomic mass is 16.2. The molecule has 0 bridgehead atoms. The zero-order valence-electron chi connectivity index (χ0n) is 9.03. The Morgan fingerprint density at radius 1 is 1.20 bits per heavy atom. The van der Waals surface area contributed by atoms with E-state index in [1.165, 1.54) is 5.56 Å². The molecular weight excluding hydrogens is 190 g/mol. The van der Waals surface area contributed by atoms with Crippen molar-refractivity contribution in [2.45, 2.75) is 25.8 Å². The molecule has 0 radical (unpaired) electrons. The highest BCUT2D eigenvalue weighted by molar-refractivity contribution is 5.82. The van der Waals surface area contributed by atoms with E-state index in [-0.39, 0.29) is 5.91 Å². The molecule has 0 aliphatic carbocycles. The van der Waals surface area contributed by atoms with Crippen LogP contribution in [0.3, 0.4) is 0 Å². The van der Waals surface area contributed by atoms with Crippen molar-refractivity contribution >= 4 is 5.91 Å². The van der Waals surface area contributed by atoms with Crippen LogP contribution in [-0.4, -0.2) is 5.91 Å². The lowest BCUT2D eigenvalue weighted by atomic mass is 9.99. The summed E-state index contributed by atoms with van der Waals surface area (Å²) >= 11 is 0. The van der Waals surface area contributed by atoms with Gasteiger partial charge in [-0.15, -0.1) is 0 Å². The van der Waals surface area contributed by atoms with E-state index in [1.807, 2.05) is 29.7 Å². The van der Waals surface area contributed by atoms with Crippen LogP contribution in [0.2, 0.25) is 0 Å². The van der Waals surface area contributed by atoms with Crippen molar-refractivity contribution in [3.05, 3.63) is 35.4 Å². The maximum Gasteiger partial charge on any atom is 0.255 e. The number of amides is 1. The summed E-state index contributed by atoms with van der Waals surface area (Å²) in [6.45, 7) is 4.23. The van der Waals surface area contributed by atoms with Gasteiger partial charge in [0.1, 0.15) is 6.04 Å². The fourth-order valence-corrected chi connectivity index (χ4v) is 1.33. The molecular formula is C11H17N3O. The first kappa shape index (κ1) is 11.7. The third-order valence-corrected chi connectivity index (χ3v) is 2.39. The Labute approximate surface area is 89.6 Å². The molecule has 1 aromatic carbocycles. The lowest BCUT2D eigenvalue weighted by Gasteiger charge is -2.11. The van der Waals surface area contributed by atoms with Gasteiger partial charge in [0.2, 0.25) is 0 Å². The molecule has 15 heavy (non-hydrogen) atoms. The maximum atomic E-state index is 11.2. The highest BCUT2D eigenvalue weighted by Crippen LogP contribution is 2.17. The van der Waals surface area contributed by atoms with E-state index in [2.05, 4.69) is 13.8 Å². The minimum Gasteiger partial charge on any atom is -0.316 e. The van der Waals surface area contributed by atoms with Crippen molar-refractivity contribution in [3.63, 3.8) is 0 Å². The van der Waals surface area contributed by atoms with Gasteiger partial charge >= 0.3 is 0 Å². The van der Waals surface area contributed by atoms with Gasteiger partial charge in [-0.25, -0.2) is 5.84 Å². The van der Waals surface area contributed by atoms with E-state index in [4.69, 9.17) is 11.6 Å². The second-order valence-corrected chi connectivity index (χ2v) is 3.81. The molecule has 4 heteroatoms. The normalized spacial score (nSPS) is 12.6. The molecule has 1 aromatic rings. The number of nitrogens with two attached hydrogens (primary N) is 2. The maximum absolute atomic E-state index is 11.2. The zero-order valence-corrected chi connectivity index (χ0v) is 9.03. The van der Waals surface area contributed by atoms with Crippen LogP contribution in [0, 0.1) is 0 Å². The largest absolute Gasteiger partial charge is 0.316 e. The van der Waals surface area contributed by atoms with Gasteiger partial charge < -0.3 is 5.73 Å². The van der Waals surface area contributed by atoms with Crippen LogP contribution in [0.1, 0.15) is 36.9 Å². The van der Waals surface area contributed by atoms with Crippen molar-refractivity contribution in [2.24, 2.45) is 11.6 Å². The Bertz CT molecular complexity index is 332. The third kappa shape index (κ3) is 2.78. The van der Waals surface area contributed by atoms with Crippen LogP contribution in [0.4, 0.5) is 0 Å². The van der Waals surface area contributed by atoms with Crippen LogP contribution in [0.25, 0.3) is 0 Å². The van der Waals surface area contributed by atoms with Gasteiger partial charge in [0.05, 0.1) is 0 Å². The molecule has 1 unspecified atom stereocenters. The van der Waals surface area contributed by atoms with Crippen LogP contribution in [-0.2, 0) is 4.79 Å². The first-order valence-corrected chi connectivity index (χ1v) is 4.92. The summed E-state index contributed by atoms with van der Waals surface area (Å²) in [5.74, 6) is 5.10. The Morgan fingerprint density at radius 2 is 1.67 bits per heavy atom. The van der Waals surface area contributed by atoms with E-state index >= 15 is 0 Å². The molecule has 0 aliphatic rings. The number of hydrazine groups is 1. The molecule has 1 atom stereocenters. The molecule has 0 saturated heterocycles. The van der Waals surface area contributed by atoms with Gasteiger partial charge in [0.15, 0.2) is 0 Å². The van der Waals surface area contributed by atoms with Crippen molar-refractivity contribution in [2.75, 3.05) is 0 Å². The molecule has 0 spiro atoms. The summed E-state index contributed by atoms with van der Waals surface area (Å²) in [6, 6.07) is 6.97. The first-order valence-electron chi connectivity index (χ1n) is 4.92. The van der Waals surface area contributed by atoms with Crippen LogP contribution >= 0.6 is 0 Å². The predicted octanol–water partition coefficient (Wildman–Crippen LogP) is 0.800. The first-order chi connectivity index (χ1) is 7.06. The second-order valence-electron chi connectivity index (χ2n) is 3.81. The minimum atomic E-state index is -0.698. The van der Waals surface area contributed by atoms with Crippen LogP contribution in [0.15, 0.2) is 24.3 Å². The standard InChI is InChI=1S/C11H17N3O/c1-7(2)8-3-5-9(6-4-8)10(12)11(15)14-13/h3-7,10H,12-13H2,1-2H3,(H,14,15). The average molecular weight is 207 g/mol. The fraction of sp³-hybridized carbons (Fsp3) is 0.364. The third-order valence-electron chi connectivity index (χ3n) is 2.39. The minimum absolute atomic E-state index is 0.382. The number of carbonyl (C=O) groups is 1. The molecule has 0 heterocycles. The number of benzene rings is 1. The number of hydrogen-bond donors (Lipinski definition) is 3. The Kier molecular flexibility index (Phi) is 3.82. The molecule has 1 rings (SSSR count). The summed E-state index contributed by atoms with van der Waals surface area (Å²) in [6.07, 6.45) is 0. The molecule has 82 valence electrons. The van der Waals surface area contributed by atoms with E-state index in [0.29, 0.717) is 5.92 Å². The number of nitrogens with one attached hydrogen (secondary N) is 1. The molecule has 1 amide bonds. The summed E-state index contributed by atoms with van der Waals surface area (Å²) in [5, 5.41) is 0. The van der Waals surface area contributed by atoms with Gasteiger partial charge in [-0.2, -0.15) is 0 Å². The van der Waals surface area contributed by atoms with E-state index < -0.39 is 6.04 Å². The quantitative estimate of drug-likeness (QED) is 0.389. The molecule has 0 saturated carbocycles. The van der Waals surface area contributed by atoms with Gasteiger partial charge in [-0.05, 0) is 17.0 Å². The summed E-state index contributed by atoms with van der Waals surface area (Å²) in [7, 11) is 0. The monoisotopic (exact) mass is 207 g/mol. The van der Waals surface area contributed by atoms with Crippen molar-refractivity contribution < 1.29 is 4.79 Å². The number of carbonyl (C=O) groups excluding carboxylic acids is 1. The Balaban J connectivity index is 2.84. The Hall–Kier alpha value is -1.39. The lowest BCUT2D eigenvalue weighted by Crippen LogP contribution is -2.38. The number of hydrogen-bond acceptors (Lipinski definition) is 3. The molecule has 0 fully saturated rings. The van der Waals surface area contributed by atoms with E-state index in [1.54, 1.807) is 0 Å². The van der Waals surface area contributed by atoms with Gasteiger partial charge in [-0.3, -0.25) is 10.2 Å². The second kappa shape index (κ2) is 4.91. The molecule has 0 aliphatic heterocycles.